The predicted molar refractivity (Wildman–Crippen MR) is 118 cm³/mol. The van der Waals surface area contributed by atoms with Gasteiger partial charge in [0.25, 0.3) is 11.5 Å². The van der Waals surface area contributed by atoms with Crippen molar-refractivity contribution in [3.63, 3.8) is 0 Å². The second kappa shape index (κ2) is 9.54. The van der Waals surface area contributed by atoms with Gasteiger partial charge in [-0.2, -0.15) is 13.2 Å². The van der Waals surface area contributed by atoms with Crippen LogP contribution in [0.15, 0.2) is 35.1 Å². The Bertz CT molecular complexity index is 1030. The number of rotatable bonds is 6. The Kier molecular flexibility index (Phi) is 7.16. The molecule has 10 heteroatoms. The standard InChI is InChI=1S/C23H29F3N4O3/c1-22(2,3)19(15-5-7-16(8-6-15)23(24,25)26)29-20(32)17-11-18(31)28-21(27-17)30-10-9-14(12-30)13-33-4/h5-8,11,14,19H,9-10,12-13H2,1-4H3,(H,29,32)(H,27,28,31)/t14?,19-/m0/s1. The van der Waals surface area contributed by atoms with E-state index in [2.05, 4.69) is 15.3 Å². The number of aromatic amines is 1. The summed E-state index contributed by atoms with van der Waals surface area (Å²) in [6, 6.07) is 5.22. The number of halogens is 3. The van der Waals surface area contributed by atoms with Crippen LogP contribution in [-0.4, -0.2) is 42.7 Å². The van der Waals surface area contributed by atoms with E-state index in [0.717, 1.165) is 24.6 Å². The van der Waals surface area contributed by atoms with E-state index in [1.807, 2.05) is 25.7 Å². The first-order valence-electron chi connectivity index (χ1n) is 10.7. The van der Waals surface area contributed by atoms with Crippen LogP contribution in [0.25, 0.3) is 0 Å². The maximum absolute atomic E-state index is 13.0. The molecule has 180 valence electrons. The van der Waals surface area contributed by atoms with E-state index in [1.54, 1.807) is 7.11 Å². The lowest BCUT2D eigenvalue weighted by atomic mass is 9.82. The molecule has 1 saturated heterocycles. The van der Waals surface area contributed by atoms with E-state index < -0.39 is 34.7 Å². The summed E-state index contributed by atoms with van der Waals surface area (Å²) in [5, 5.41) is 2.85. The van der Waals surface area contributed by atoms with Crippen molar-refractivity contribution in [1.29, 1.82) is 0 Å². The first-order valence-corrected chi connectivity index (χ1v) is 10.7. The van der Waals surface area contributed by atoms with Crippen molar-refractivity contribution < 1.29 is 22.7 Å². The highest BCUT2D eigenvalue weighted by Gasteiger charge is 2.33. The summed E-state index contributed by atoms with van der Waals surface area (Å²) >= 11 is 0. The number of H-pyrrole nitrogens is 1. The molecule has 1 aliphatic heterocycles. The molecule has 1 unspecified atom stereocenters. The lowest BCUT2D eigenvalue weighted by molar-refractivity contribution is -0.137. The minimum absolute atomic E-state index is 0.0508. The van der Waals surface area contributed by atoms with Crippen LogP contribution >= 0.6 is 0 Å². The zero-order chi connectivity index (χ0) is 24.4. The van der Waals surface area contributed by atoms with Crippen molar-refractivity contribution >= 4 is 11.9 Å². The van der Waals surface area contributed by atoms with Gasteiger partial charge in [-0.1, -0.05) is 32.9 Å². The Labute approximate surface area is 190 Å². The maximum Gasteiger partial charge on any atom is 0.416 e. The Morgan fingerprint density at radius 1 is 1.27 bits per heavy atom. The number of methoxy groups -OCH3 is 1. The number of carbonyl (C=O) groups is 1. The molecule has 0 radical (unpaired) electrons. The van der Waals surface area contributed by atoms with Crippen LogP contribution in [0.5, 0.6) is 0 Å². The predicted octanol–water partition coefficient (Wildman–Crippen LogP) is 3.78. The monoisotopic (exact) mass is 466 g/mol. The largest absolute Gasteiger partial charge is 0.416 e. The van der Waals surface area contributed by atoms with Crippen LogP contribution in [0.1, 0.15) is 54.8 Å². The van der Waals surface area contributed by atoms with Gasteiger partial charge >= 0.3 is 6.18 Å². The van der Waals surface area contributed by atoms with Gasteiger partial charge in [-0.3, -0.25) is 14.6 Å². The molecular weight excluding hydrogens is 437 g/mol. The fraction of sp³-hybridized carbons (Fsp3) is 0.522. The summed E-state index contributed by atoms with van der Waals surface area (Å²) in [7, 11) is 1.63. The smallest absolute Gasteiger partial charge is 0.384 e. The van der Waals surface area contributed by atoms with Crippen LogP contribution < -0.4 is 15.8 Å². The number of hydrogen-bond donors (Lipinski definition) is 2. The summed E-state index contributed by atoms with van der Waals surface area (Å²) in [4.78, 5) is 34.2. The fourth-order valence-corrected chi connectivity index (χ4v) is 3.98. The molecule has 1 amide bonds. The molecule has 2 N–H and O–H groups in total. The van der Waals surface area contributed by atoms with Crippen LogP contribution in [0, 0.1) is 11.3 Å². The first-order chi connectivity index (χ1) is 15.4. The molecule has 2 atom stereocenters. The van der Waals surface area contributed by atoms with Crippen molar-refractivity contribution in [1.82, 2.24) is 15.3 Å². The highest BCUT2D eigenvalue weighted by atomic mass is 19.4. The molecule has 3 rings (SSSR count). The van der Waals surface area contributed by atoms with E-state index in [-0.39, 0.29) is 5.69 Å². The first kappa shape index (κ1) is 24.8. The second-order valence-corrected chi connectivity index (χ2v) is 9.40. The van der Waals surface area contributed by atoms with Gasteiger partial charge in [0.15, 0.2) is 0 Å². The lowest BCUT2D eigenvalue weighted by Gasteiger charge is -2.32. The van der Waals surface area contributed by atoms with Crippen molar-refractivity contribution in [3.05, 3.63) is 57.5 Å². The minimum atomic E-state index is -4.44. The van der Waals surface area contributed by atoms with Gasteiger partial charge in [0.05, 0.1) is 18.2 Å². The van der Waals surface area contributed by atoms with E-state index in [9.17, 15) is 22.8 Å². The van der Waals surface area contributed by atoms with E-state index in [0.29, 0.717) is 37.1 Å². The average molecular weight is 467 g/mol. The number of amides is 1. The molecule has 1 aliphatic rings. The maximum atomic E-state index is 13.0. The topological polar surface area (TPSA) is 87.3 Å². The highest BCUT2D eigenvalue weighted by molar-refractivity contribution is 5.92. The van der Waals surface area contributed by atoms with Gasteiger partial charge in [0.2, 0.25) is 5.95 Å². The minimum Gasteiger partial charge on any atom is -0.384 e. The zero-order valence-electron chi connectivity index (χ0n) is 19.1. The molecule has 0 spiro atoms. The van der Waals surface area contributed by atoms with E-state index >= 15 is 0 Å². The lowest BCUT2D eigenvalue weighted by Crippen LogP contribution is -2.38. The third-order valence-corrected chi connectivity index (χ3v) is 5.66. The molecule has 1 aromatic carbocycles. The highest BCUT2D eigenvalue weighted by Crippen LogP contribution is 2.35. The number of nitrogens with one attached hydrogen (secondary N) is 2. The van der Waals surface area contributed by atoms with E-state index in [4.69, 9.17) is 4.74 Å². The van der Waals surface area contributed by atoms with Crippen LogP contribution in [0.3, 0.4) is 0 Å². The van der Waals surface area contributed by atoms with Gasteiger partial charge in [0, 0.05) is 32.2 Å². The van der Waals surface area contributed by atoms with Gasteiger partial charge in [-0.25, -0.2) is 4.98 Å². The van der Waals surface area contributed by atoms with Gasteiger partial charge in [-0.05, 0) is 29.5 Å². The van der Waals surface area contributed by atoms with Gasteiger partial charge < -0.3 is 15.0 Å². The average Bonchev–Trinajstić information content (AvgIpc) is 3.19. The molecule has 1 aromatic heterocycles. The third kappa shape index (κ3) is 6.13. The van der Waals surface area contributed by atoms with Gasteiger partial charge in [-0.15, -0.1) is 0 Å². The Hall–Kier alpha value is -2.88. The Morgan fingerprint density at radius 3 is 2.52 bits per heavy atom. The number of ether oxygens (including phenoxy) is 1. The molecule has 0 saturated carbocycles. The number of anilines is 1. The molecule has 7 nitrogen and oxygen atoms in total. The molecular formula is C23H29F3N4O3. The zero-order valence-corrected chi connectivity index (χ0v) is 19.1. The summed E-state index contributed by atoms with van der Waals surface area (Å²) < 4.78 is 44.0. The normalized spacial score (nSPS) is 17.8. The summed E-state index contributed by atoms with van der Waals surface area (Å²) in [6.45, 7) is 7.53. The summed E-state index contributed by atoms with van der Waals surface area (Å²) in [5.74, 6) is 0.0469. The quantitative estimate of drug-likeness (QED) is 0.677. The SMILES string of the molecule is COCC1CCN(c2nc(C(=O)N[C@@H](c3ccc(C(F)(F)F)cc3)C(C)(C)C)cc(=O)[nH]2)C1. The summed E-state index contributed by atoms with van der Waals surface area (Å²) in [6.07, 6.45) is -3.56. The van der Waals surface area contributed by atoms with E-state index in [1.165, 1.54) is 12.1 Å². The van der Waals surface area contributed by atoms with Crippen molar-refractivity contribution in [2.45, 2.75) is 39.4 Å². The van der Waals surface area contributed by atoms with Gasteiger partial charge in [0.1, 0.15) is 5.69 Å². The number of alkyl halides is 3. The molecule has 0 bridgehead atoms. The summed E-state index contributed by atoms with van der Waals surface area (Å²) in [5.41, 5.74) is -1.26. The second-order valence-electron chi connectivity index (χ2n) is 9.40. The Morgan fingerprint density at radius 2 is 1.94 bits per heavy atom. The fourth-order valence-electron chi connectivity index (χ4n) is 3.98. The number of nitrogens with zero attached hydrogens (tertiary/aromatic N) is 2. The van der Waals surface area contributed by atoms with Crippen molar-refractivity contribution in [2.75, 3.05) is 31.7 Å². The number of benzene rings is 1. The molecule has 0 aliphatic carbocycles. The van der Waals surface area contributed by atoms with Crippen molar-refractivity contribution in [2.24, 2.45) is 11.3 Å². The molecule has 33 heavy (non-hydrogen) atoms. The van der Waals surface area contributed by atoms with Crippen molar-refractivity contribution in [3.8, 4) is 0 Å². The van der Waals surface area contributed by atoms with Crippen LogP contribution in [-0.2, 0) is 10.9 Å². The number of aromatic nitrogens is 2. The Balaban J connectivity index is 1.83. The number of hydrogen-bond acceptors (Lipinski definition) is 5. The number of carbonyl (C=O) groups excluding carboxylic acids is 1. The third-order valence-electron chi connectivity index (χ3n) is 5.66. The molecule has 2 heterocycles. The molecule has 1 fully saturated rings. The molecule has 2 aromatic rings. The van der Waals surface area contributed by atoms with Crippen LogP contribution in [0.4, 0.5) is 19.1 Å². The van der Waals surface area contributed by atoms with Crippen LogP contribution in [0.2, 0.25) is 0 Å².